The number of anilines is 1. The van der Waals surface area contributed by atoms with Gasteiger partial charge in [-0.25, -0.2) is 4.39 Å². The smallest absolute Gasteiger partial charge is 0.172 e. The van der Waals surface area contributed by atoms with Gasteiger partial charge in [0.1, 0.15) is 11.6 Å². The lowest BCUT2D eigenvalue weighted by Gasteiger charge is -1.98. The molecule has 72 valence electrons. The molecule has 0 unspecified atom stereocenters. The number of halogens is 1. The Hall–Kier alpha value is -2.04. The molecule has 3 N–H and O–H groups in total. The maximum Gasteiger partial charge on any atom is 0.172 e. The molecule has 2 aromatic rings. The van der Waals surface area contributed by atoms with Gasteiger partial charge in [-0.05, 0) is 18.2 Å². The van der Waals surface area contributed by atoms with E-state index in [1.807, 2.05) is 0 Å². The molecule has 1 heterocycles. The summed E-state index contributed by atoms with van der Waals surface area (Å²) in [6.07, 6.45) is 0. The van der Waals surface area contributed by atoms with E-state index >= 15 is 0 Å². The van der Waals surface area contributed by atoms with Crippen LogP contribution >= 0.6 is 0 Å². The van der Waals surface area contributed by atoms with Crippen LogP contribution in [0.3, 0.4) is 0 Å². The van der Waals surface area contributed by atoms with Crippen molar-refractivity contribution in [2.45, 2.75) is 0 Å². The summed E-state index contributed by atoms with van der Waals surface area (Å²) in [6, 6.07) is 4.95. The van der Waals surface area contributed by atoms with E-state index < -0.39 is 5.82 Å². The molecule has 0 bridgehead atoms. The summed E-state index contributed by atoms with van der Waals surface area (Å²) < 4.78 is 17.6. The predicted molar refractivity (Wildman–Crippen MR) is 48.0 cm³/mol. The zero-order chi connectivity index (χ0) is 10.1. The predicted octanol–water partition coefficient (Wildman–Crippen LogP) is 1.77. The number of nitrogen functional groups attached to an aromatic ring is 1. The standard InChI is InChI=1S/C9H7FN2O2/c10-5-1-2-7(13)6(3-5)8-4-9(11)12-14-8/h1-4,13H,(H2,11,12). The van der Waals surface area contributed by atoms with Crippen molar-refractivity contribution in [3.63, 3.8) is 0 Å². The molecule has 0 amide bonds. The molecule has 0 aliphatic carbocycles. The van der Waals surface area contributed by atoms with E-state index in [9.17, 15) is 9.50 Å². The second kappa shape index (κ2) is 3.02. The first-order valence-electron chi connectivity index (χ1n) is 3.88. The van der Waals surface area contributed by atoms with Crippen LogP contribution in [-0.4, -0.2) is 10.3 Å². The molecule has 0 saturated heterocycles. The Morgan fingerprint density at radius 2 is 2.14 bits per heavy atom. The van der Waals surface area contributed by atoms with Crippen LogP contribution < -0.4 is 5.73 Å². The minimum Gasteiger partial charge on any atom is -0.507 e. The van der Waals surface area contributed by atoms with Crippen molar-refractivity contribution in [2.75, 3.05) is 5.73 Å². The number of nitrogens with two attached hydrogens (primary N) is 1. The number of hydrogen-bond acceptors (Lipinski definition) is 4. The van der Waals surface area contributed by atoms with Crippen molar-refractivity contribution in [2.24, 2.45) is 0 Å². The molecular formula is C9H7FN2O2. The fraction of sp³-hybridized carbons (Fsp3) is 0. The molecule has 14 heavy (non-hydrogen) atoms. The molecule has 0 spiro atoms. The molecule has 0 aliphatic heterocycles. The maximum absolute atomic E-state index is 12.8. The normalized spacial score (nSPS) is 10.4. The van der Waals surface area contributed by atoms with Crippen LogP contribution in [0.2, 0.25) is 0 Å². The largest absolute Gasteiger partial charge is 0.507 e. The van der Waals surface area contributed by atoms with Gasteiger partial charge in [0, 0.05) is 6.07 Å². The average molecular weight is 194 g/mol. The Morgan fingerprint density at radius 3 is 2.79 bits per heavy atom. The Bertz CT molecular complexity index is 468. The van der Waals surface area contributed by atoms with Gasteiger partial charge >= 0.3 is 0 Å². The van der Waals surface area contributed by atoms with E-state index in [2.05, 4.69) is 5.16 Å². The Balaban J connectivity index is 2.55. The third kappa shape index (κ3) is 1.39. The third-order valence-corrected chi connectivity index (χ3v) is 1.75. The van der Waals surface area contributed by atoms with E-state index in [1.54, 1.807) is 0 Å². The minimum absolute atomic E-state index is 0.0810. The molecule has 0 radical (unpaired) electrons. The van der Waals surface area contributed by atoms with Gasteiger partial charge < -0.3 is 15.4 Å². The summed E-state index contributed by atoms with van der Waals surface area (Å²) in [6.45, 7) is 0. The first kappa shape index (κ1) is 8.55. The SMILES string of the molecule is Nc1cc(-c2cc(F)ccc2O)on1. The lowest BCUT2D eigenvalue weighted by atomic mass is 10.1. The monoisotopic (exact) mass is 194 g/mol. The van der Waals surface area contributed by atoms with Crippen LogP contribution in [0.5, 0.6) is 5.75 Å². The zero-order valence-electron chi connectivity index (χ0n) is 7.07. The second-order valence-electron chi connectivity index (χ2n) is 2.78. The number of phenols is 1. The highest BCUT2D eigenvalue weighted by Crippen LogP contribution is 2.30. The molecule has 0 fully saturated rings. The summed E-state index contributed by atoms with van der Waals surface area (Å²) in [5.41, 5.74) is 5.55. The lowest BCUT2D eigenvalue weighted by molar-refractivity contribution is 0.428. The van der Waals surface area contributed by atoms with Gasteiger partial charge in [0.2, 0.25) is 0 Å². The minimum atomic E-state index is -0.465. The van der Waals surface area contributed by atoms with Gasteiger partial charge in [-0.3, -0.25) is 0 Å². The van der Waals surface area contributed by atoms with Crippen LogP contribution in [0.1, 0.15) is 0 Å². The molecular weight excluding hydrogens is 187 g/mol. The molecule has 2 rings (SSSR count). The van der Waals surface area contributed by atoms with E-state index in [0.717, 1.165) is 12.1 Å². The van der Waals surface area contributed by atoms with Crippen molar-refractivity contribution in [3.05, 3.63) is 30.1 Å². The Kier molecular flexibility index (Phi) is 1.85. The molecule has 4 nitrogen and oxygen atoms in total. The fourth-order valence-electron chi connectivity index (χ4n) is 1.12. The third-order valence-electron chi connectivity index (χ3n) is 1.75. The number of phenolic OH excluding ortho intramolecular Hbond substituents is 1. The number of aromatic hydroxyl groups is 1. The van der Waals surface area contributed by atoms with Gasteiger partial charge in [0.05, 0.1) is 5.56 Å². The molecule has 5 heteroatoms. The highest BCUT2D eigenvalue weighted by Gasteiger charge is 2.10. The summed E-state index contributed by atoms with van der Waals surface area (Å²) in [5, 5.41) is 12.8. The highest BCUT2D eigenvalue weighted by molar-refractivity contribution is 5.66. The van der Waals surface area contributed by atoms with E-state index in [1.165, 1.54) is 12.1 Å². The number of aromatic nitrogens is 1. The molecule has 1 aromatic carbocycles. The first-order valence-corrected chi connectivity index (χ1v) is 3.88. The van der Waals surface area contributed by atoms with Crippen LogP contribution in [-0.2, 0) is 0 Å². The molecule has 0 atom stereocenters. The van der Waals surface area contributed by atoms with Crippen LogP contribution in [0.4, 0.5) is 10.2 Å². The average Bonchev–Trinajstić information content (AvgIpc) is 2.56. The maximum atomic E-state index is 12.8. The van der Waals surface area contributed by atoms with E-state index in [0.29, 0.717) is 0 Å². The summed E-state index contributed by atoms with van der Waals surface area (Å²) in [7, 11) is 0. The summed E-state index contributed by atoms with van der Waals surface area (Å²) >= 11 is 0. The van der Waals surface area contributed by atoms with Crippen LogP contribution in [0.15, 0.2) is 28.8 Å². The van der Waals surface area contributed by atoms with Gasteiger partial charge in [-0.1, -0.05) is 5.16 Å². The fourth-order valence-corrected chi connectivity index (χ4v) is 1.12. The van der Waals surface area contributed by atoms with Crippen molar-refractivity contribution < 1.29 is 14.0 Å². The van der Waals surface area contributed by atoms with Crippen molar-refractivity contribution in [3.8, 4) is 17.1 Å². The van der Waals surface area contributed by atoms with Crippen molar-refractivity contribution >= 4 is 5.82 Å². The Labute approximate surface area is 78.8 Å². The van der Waals surface area contributed by atoms with E-state index in [4.69, 9.17) is 10.3 Å². The molecule has 1 aromatic heterocycles. The first-order chi connectivity index (χ1) is 6.66. The lowest BCUT2D eigenvalue weighted by Crippen LogP contribution is -1.80. The van der Waals surface area contributed by atoms with Crippen molar-refractivity contribution in [1.29, 1.82) is 0 Å². The van der Waals surface area contributed by atoms with Gasteiger partial charge in [-0.15, -0.1) is 0 Å². The second-order valence-corrected chi connectivity index (χ2v) is 2.78. The molecule has 0 saturated carbocycles. The van der Waals surface area contributed by atoms with Crippen LogP contribution in [0.25, 0.3) is 11.3 Å². The zero-order valence-corrected chi connectivity index (χ0v) is 7.07. The number of hydrogen-bond donors (Lipinski definition) is 2. The number of rotatable bonds is 1. The number of benzene rings is 1. The van der Waals surface area contributed by atoms with E-state index in [-0.39, 0.29) is 22.9 Å². The topological polar surface area (TPSA) is 72.3 Å². The van der Waals surface area contributed by atoms with Gasteiger partial charge in [0.25, 0.3) is 0 Å². The Morgan fingerprint density at radius 1 is 1.36 bits per heavy atom. The summed E-state index contributed by atoms with van der Waals surface area (Å²) in [5.74, 6) is -0.126. The van der Waals surface area contributed by atoms with Gasteiger partial charge in [0.15, 0.2) is 11.6 Å². The van der Waals surface area contributed by atoms with Crippen LogP contribution in [0, 0.1) is 5.82 Å². The summed E-state index contributed by atoms with van der Waals surface area (Å²) in [4.78, 5) is 0. The quantitative estimate of drug-likeness (QED) is 0.725. The molecule has 0 aliphatic rings. The highest BCUT2D eigenvalue weighted by atomic mass is 19.1. The van der Waals surface area contributed by atoms with Crippen molar-refractivity contribution in [1.82, 2.24) is 5.16 Å². The van der Waals surface area contributed by atoms with Gasteiger partial charge in [-0.2, -0.15) is 0 Å². The number of nitrogens with zero attached hydrogens (tertiary/aromatic N) is 1.